The van der Waals surface area contributed by atoms with Gasteiger partial charge in [0, 0.05) is 11.4 Å². The Morgan fingerprint density at radius 3 is 2.67 bits per heavy atom. The van der Waals surface area contributed by atoms with Gasteiger partial charge in [-0.05, 0) is 17.7 Å². The lowest BCUT2D eigenvalue weighted by Crippen LogP contribution is -2.29. The molecular formula is C12H13ClFN3O. The number of hydrogen-bond acceptors (Lipinski definition) is 3. The van der Waals surface area contributed by atoms with Gasteiger partial charge in [0.1, 0.15) is 24.9 Å². The summed E-state index contributed by atoms with van der Waals surface area (Å²) in [5, 5.41) is 14.1. The predicted octanol–water partition coefficient (Wildman–Crippen LogP) is 1.87. The Kier molecular flexibility index (Phi) is 4.28. The van der Waals surface area contributed by atoms with Crippen molar-refractivity contribution in [3.8, 4) is 0 Å². The Hall–Kier alpha value is -1.46. The first-order valence-electron chi connectivity index (χ1n) is 5.54. The van der Waals surface area contributed by atoms with E-state index in [9.17, 15) is 9.50 Å². The molecular weight excluding hydrogens is 257 g/mol. The van der Waals surface area contributed by atoms with E-state index in [1.165, 1.54) is 17.3 Å². The van der Waals surface area contributed by atoms with Gasteiger partial charge in [0.15, 0.2) is 0 Å². The normalized spacial score (nSPS) is 14.4. The quantitative estimate of drug-likeness (QED) is 0.902. The van der Waals surface area contributed by atoms with Crippen LogP contribution in [0.3, 0.4) is 0 Å². The Balaban J connectivity index is 1.90. The first kappa shape index (κ1) is 13.0. The van der Waals surface area contributed by atoms with E-state index in [0.717, 1.165) is 5.56 Å². The van der Waals surface area contributed by atoms with E-state index in [2.05, 4.69) is 10.1 Å². The molecule has 0 amide bonds. The number of alkyl halides is 1. The number of aliphatic hydroxyl groups excluding tert-OH is 1. The Morgan fingerprint density at radius 1 is 1.33 bits per heavy atom. The third-order valence-corrected chi connectivity index (χ3v) is 2.85. The molecule has 0 aliphatic rings. The number of nitrogens with zero attached hydrogens (tertiary/aromatic N) is 3. The van der Waals surface area contributed by atoms with Gasteiger partial charge in [-0.25, -0.2) is 9.37 Å². The topological polar surface area (TPSA) is 50.9 Å². The van der Waals surface area contributed by atoms with Crippen LogP contribution in [0.25, 0.3) is 0 Å². The second kappa shape index (κ2) is 5.93. The van der Waals surface area contributed by atoms with Crippen LogP contribution in [-0.4, -0.2) is 32.1 Å². The third-order valence-electron chi connectivity index (χ3n) is 2.60. The van der Waals surface area contributed by atoms with Crippen molar-refractivity contribution in [2.24, 2.45) is 0 Å². The van der Waals surface area contributed by atoms with E-state index in [-0.39, 0.29) is 13.0 Å². The molecule has 1 N–H and O–H groups in total. The lowest BCUT2D eigenvalue weighted by atomic mass is 10.1. The molecule has 0 aliphatic carbocycles. The summed E-state index contributed by atoms with van der Waals surface area (Å²) in [6, 6.07) is 6.90. The number of aliphatic hydroxyl groups is 1. The first-order valence-corrected chi connectivity index (χ1v) is 5.92. The van der Waals surface area contributed by atoms with Gasteiger partial charge >= 0.3 is 0 Å². The van der Waals surface area contributed by atoms with Gasteiger partial charge in [-0.2, -0.15) is 5.10 Å². The van der Waals surface area contributed by atoms with Crippen molar-refractivity contribution in [3.05, 3.63) is 47.5 Å². The standard InChI is InChI=1S/C12H13ClFN3O/c13-10-3-1-9(2-4-10)5-11(14)12(18)6-17-8-15-7-16-17/h1-4,7-8,11-12,18H,5-6H2. The van der Waals surface area contributed by atoms with E-state index >= 15 is 0 Å². The Bertz CT molecular complexity index is 475. The zero-order valence-electron chi connectivity index (χ0n) is 9.58. The molecule has 0 saturated carbocycles. The average molecular weight is 270 g/mol. The van der Waals surface area contributed by atoms with Crippen molar-refractivity contribution in [2.45, 2.75) is 25.2 Å². The summed E-state index contributed by atoms with van der Waals surface area (Å²) in [6.07, 6.45) is 0.475. The van der Waals surface area contributed by atoms with Gasteiger partial charge in [0.05, 0.1) is 6.54 Å². The summed E-state index contributed by atoms with van der Waals surface area (Å²) in [5.74, 6) is 0. The molecule has 1 aromatic heterocycles. The highest BCUT2D eigenvalue weighted by Crippen LogP contribution is 2.14. The predicted molar refractivity (Wildman–Crippen MR) is 66.1 cm³/mol. The van der Waals surface area contributed by atoms with Crippen molar-refractivity contribution in [1.29, 1.82) is 0 Å². The molecule has 1 heterocycles. The summed E-state index contributed by atoms with van der Waals surface area (Å²) in [7, 11) is 0. The van der Waals surface area contributed by atoms with Gasteiger partial charge in [-0.3, -0.25) is 4.68 Å². The number of benzene rings is 1. The summed E-state index contributed by atoms with van der Waals surface area (Å²) < 4.78 is 15.2. The van der Waals surface area contributed by atoms with Crippen molar-refractivity contribution >= 4 is 11.6 Å². The summed E-state index contributed by atoms with van der Waals surface area (Å²) in [4.78, 5) is 3.73. The van der Waals surface area contributed by atoms with E-state index in [1.807, 2.05) is 0 Å². The van der Waals surface area contributed by atoms with E-state index in [1.54, 1.807) is 24.3 Å². The first-order chi connectivity index (χ1) is 8.65. The summed E-state index contributed by atoms with van der Waals surface area (Å²) >= 11 is 5.74. The monoisotopic (exact) mass is 269 g/mol. The Morgan fingerprint density at radius 2 is 2.06 bits per heavy atom. The fourth-order valence-electron chi connectivity index (χ4n) is 1.61. The minimum absolute atomic E-state index is 0.0920. The fourth-order valence-corrected chi connectivity index (χ4v) is 1.74. The molecule has 0 radical (unpaired) electrons. The zero-order valence-corrected chi connectivity index (χ0v) is 10.3. The van der Waals surface area contributed by atoms with Crippen LogP contribution < -0.4 is 0 Å². The largest absolute Gasteiger partial charge is 0.388 e. The maximum Gasteiger partial charge on any atom is 0.137 e. The van der Waals surface area contributed by atoms with Crippen LogP contribution in [0.4, 0.5) is 4.39 Å². The highest BCUT2D eigenvalue weighted by molar-refractivity contribution is 6.30. The van der Waals surface area contributed by atoms with Crippen molar-refractivity contribution in [3.63, 3.8) is 0 Å². The number of hydrogen-bond donors (Lipinski definition) is 1. The fraction of sp³-hybridized carbons (Fsp3) is 0.333. The van der Waals surface area contributed by atoms with Gasteiger partial charge < -0.3 is 5.11 Å². The van der Waals surface area contributed by atoms with Crippen LogP contribution >= 0.6 is 11.6 Å². The molecule has 2 aromatic rings. The van der Waals surface area contributed by atoms with Gasteiger partial charge in [0.2, 0.25) is 0 Å². The van der Waals surface area contributed by atoms with E-state index in [4.69, 9.17) is 11.6 Å². The molecule has 0 bridgehead atoms. The molecule has 1 aromatic carbocycles. The smallest absolute Gasteiger partial charge is 0.137 e. The maximum absolute atomic E-state index is 13.8. The number of rotatable bonds is 5. The zero-order chi connectivity index (χ0) is 13.0. The molecule has 2 atom stereocenters. The minimum atomic E-state index is -1.35. The molecule has 0 spiro atoms. The van der Waals surface area contributed by atoms with Crippen molar-refractivity contribution < 1.29 is 9.50 Å². The van der Waals surface area contributed by atoms with Gasteiger partial charge in [-0.1, -0.05) is 23.7 Å². The summed E-state index contributed by atoms with van der Waals surface area (Å²) in [5.41, 5.74) is 0.796. The molecule has 4 nitrogen and oxygen atoms in total. The molecule has 2 rings (SSSR count). The molecule has 96 valence electrons. The van der Waals surface area contributed by atoms with Crippen LogP contribution in [-0.2, 0) is 13.0 Å². The summed E-state index contributed by atoms with van der Waals surface area (Å²) in [6.45, 7) is 0.0920. The van der Waals surface area contributed by atoms with Crippen LogP contribution in [0.2, 0.25) is 5.02 Å². The van der Waals surface area contributed by atoms with Crippen molar-refractivity contribution in [1.82, 2.24) is 14.8 Å². The van der Waals surface area contributed by atoms with Gasteiger partial charge in [0.25, 0.3) is 0 Å². The van der Waals surface area contributed by atoms with Crippen LogP contribution in [0.15, 0.2) is 36.9 Å². The molecule has 0 saturated heterocycles. The maximum atomic E-state index is 13.8. The highest BCUT2D eigenvalue weighted by Gasteiger charge is 2.19. The van der Waals surface area contributed by atoms with Crippen LogP contribution in [0.5, 0.6) is 0 Å². The number of halogens is 2. The lowest BCUT2D eigenvalue weighted by Gasteiger charge is -2.15. The van der Waals surface area contributed by atoms with Crippen LogP contribution in [0, 0.1) is 0 Å². The average Bonchev–Trinajstić information content (AvgIpc) is 2.85. The molecule has 2 unspecified atom stereocenters. The minimum Gasteiger partial charge on any atom is -0.388 e. The molecule has 0 fully saturated rings. The van der Waals surface area contributed by atoms with Gasteiger partial charge in [-0.15, -0.1) is 0 Å². The molecule has 6 heteroatoms. The van der Waals surface area contributed by atoms with Crippen LogP contribution in [0.1, 0.15) is 5.56 Å². The lowest BCUT2D eigenvalue weighted by molar-refractivity contribution is 0.0605. The Labute approximate surface area is 109 Å². The van der Waals surface area contributed by atoms with Crippen molar-refractivity contribution in [2.75, 3.05) is 0 Å². The second-order valence-corrected chi connectivity index (χ2v) is 4.47. The molecule has 18 heavy (non-hydrogen) atoms. The number of aromatic nitrogens is 3. The SMILES string of the molecule is OC(Cn1cncn1)C(F)Cc1ccc(Cl)cc1. The molecule has 0 aliphatic heterocycles. The third kappa shape index (κ3) is 3.51. The van der Waals surface area contributed by atoms with E-state index < -0.39 is 12.3 Å². The van der Waals surface area contributed by atoms with E-state index in [0.29, 0.717) is 5.02 Å². The highest BCUT2D eigenvalue weighted by atomic mass is 35.5. The second-order valence-electron chi connectivity index (χ2n) is 4.03.